The lowest BCUT2D eigenvalue weighted by Gasteiger charge is -2.17. The van der Waals surface area contributed by atoms with E-state index in [0.29, 0.717) is 5.01 Å². The largest absolute Gasteiger partial charge is 0.464 e. The first-order valence-corrected chi connectivity index (χ1v) is 3.92. The Morgan fingerprint density at radius 1 is 1.44 bits per heavy atom. The van der Waals surface area contributed by atoms with E-state index in [2.05, 4.69) is 4.98 Å². The smallest absolute Gasteiger partial charge is 0.431 e. The fraction of sp³-hybridized carbons (Fsp3) is 0. The normalized spacial score (nSPS) is 8.94. The summed E-state index contributed by atoms with van der Waals surface area (Å²) in [5, 5.41) is 26.1. The molecule has 1 aromatic heterocycles. The molecule has 0 atom stereocenters. The number of nitrogens with one attached hydrogen (secondary N) is 1. The summed E-state index contributed by atoms with van der Waals surface area (Å²) in [6.45, 7) is 0. The van der Waals surface area contributed by atoms with Crippen LogP contribution in [0.2, 0.25) is 0 Å². The minimum absolute atomic E-state index is 0.0612. The second-order valence-electron chi connectivity index (χ2n) is 2.58. The van der Waals surface area contributed by atoms with Gasteiger partial charge in [0.25, 0.3) is 0 Å². The monoisotopic (exact) mass is 222 g/mol. The highest BCUT2D eigenvalue weighted by Crippen LogP contribution is 2.12. The Morgan fingerprint density at radius 3 is 2.62 bits per heavy atom. The van der Waals surface area contributed by atoms with Crippen LogP contribution in [-0.4, -0.2) is 27.4 Å². The zero-order valence-electron chi connectivity index (χ0n) is 7.78. The van der Waals surface area contributed by atoms with Crippen molar-refractivity contribution >= 4 is 17.9 Å². The van der Waals surface area contributed by atoms with Gasteiger partial charge in [0, 0.05) is 6.20 Å². The van der Waals surface area contributed by atoms with Crippen molar-refractivity contribution < 1.29 is 19.8 Å². The van der Waals surface area contributed by atoms with Crippen molar-refractivity contribution in [2.75, 3.05) is 5.01 Å². The number of aromatic nitrogens is 1. The van der Waals surface area contributed by atoms with Crippen LogP contribution >= 0.6 is 0 Å². The summed E-state index contributed by atoms with van der Waals surface area (Å²) in [5.41, 5.74) is 1.71. The van der Waals surface area contributed by atoms with E-state index in [4.69, 9.17) is 15.5 Å². The van der Waals surface area contributed by atoms with Crippen LogP contribution in [0.1, 0.15) is 5.56 Å². The molecule has 0 spiro atoms. The van der Waals surface area contributed by atoms with Crippen LogP contribution in [-0.2, 0) is 0 Å². The van der Waals surface area contributed by atoms with Crippen LogP contribution < -0.4 is 10.4 Å². The lowest BCUT2D eigenvalue weighted by atomic mass is 10.3. The number of pyridine rings is 1. The first-order valence-electron chi connectivity index (χ1n) is 3.92. The minimum Gasteiger partial charge on any atom is -0.464 e. The molecule has 0 aliphatic heterocycles. The van der Waals surface area contributed by atoms with Gasteiger partial charge in [-0.05, 0) is 6.07 Å². The summed E-state index contributed by atoms with van der Waals surface area (Å²) in [6, 6.07) is 2.95. The van der Waals surface area contributed by atoms with E-state index in [0.717, 1.165) is 6.20 Å². The number of anilines is 1. The summed E-state index contributed by atoms with van der Waals surface area (Å²) >= 11 is 0. The lowest BCUT2D eigenvalue weighted by molar-refractivity contribution is 0.181. The van der Waals surface area contributed by atoms with Crippen molar-refractivity contribution in [3.63, 3.8) is 0 Å². The van der Waals surface area contributed by atoms with Crippen molar-refractivity contribution in [1.82, 2.24) is 10.4 Å². The highest BCUT2D eigenvalue weighted by atomic mass is 16.4. The molecule has 3 N–H and O–H groups in total. The molecule has 1 aromatic rings. The zero-order valence-corrected chi connectivity index (χ0v) is 7.78. The third-order valence-corrected chi connectivity index (χ3v) is 1.51. The molecule has 0 saturated carbocycles. The van der Waals surface area contributed by atoms with Crippen LogP contribution in [0.5, 0.6) is 0 Å². The van der Waals surface area contributed by atoms with Crippen molar-refractivity contribution in [1.29, 1.82) is 5.26 Å². The topological polar surface area (TPSA) is 127 Å². The van der Waals surface area contributed by atoms with Gasteiger partial charge < -0.3 is 10.2 Å². The third kappa shape index (κ3) is 2.58. The number of nitriles is 1. The van der Waals surface area contributed by atoms with Crippen molar-refractivity contribution in [2.24, 2.45) is 0 Å². The highest BCUT2D eigenvalue weighted by molar-refractivity contribution is 5.88. The summed E-state index contributed by atoms with van der Waals surface area (Å²) in [7, 11) is 0. The number of rotatable bonds is 1. The average molecular weight is 222 g/mol. The molecule has 0 unspecified atom stereocenters. The fourth-order valence-corrected chi connectivity index (χ4v) is 0.930. The Kier molecular flexibility index (Phi) is 3.24. The second-order valence-corrected chi connectivity index (χ2v) is 2.58. The van der Waals surface area contributed by atoms with E-state index in [9.17, 15) is 9.59 Å². The molecular weight excluding hydrogens is 216 g/mol. The summed E-state index contributed by atoms with van der Waals surface area (Å²) in [4.78, 5) is 24.7. The summed E-state index contributed by atoms with van der Waals surface area (Å²) in [6.07, 6.45) is -0.723. The van der Waals surface area contributed by atoms with Gasteiger partial charge in [-0.1, -0.05) is 0 Å². The van der Waals surface area contributed by atoms with Crippen LogP contribution in [0.15, 0.2) is 18.5 Å². The number of nitrogens with zero attached hydrogens (tertiary/aromatic N) is 3. The first kappa shape index (κ1) is 11.3. The molecule has 0 saturated heterocycles. The van der Waals surface area contributed by atoms with Crippen molar-refractivity contribution in [2.45, 2.75) is 0 Å². The van der Waals surface area contributed by atoms with Gasteiger partial charge in [0.1, 0.15) is 6.07 Å². The van der Waals surface area contributed by atoms with E-state index in [1.54, 1.807) is 11.5 Å². The van der Waals surface area contributed by atoms with E-state index in [1.807, 2.05) is 0 Å². The number of amides is 2. The van der Waals surface area contributed by atoms with Crippen LogP contribution in [0.4, 0.5) is 15.3 Å². The van der Waals surface area contributed by atoms with Crippen LogP contribution in [0.3, 0.4) is 0 Å². The molecule has 1 rings (SSSR count). The molecule has 2 amide bonds. The van der Waals surface area contributed by atoms with Gasteiger partial charge >= 0.3 is 12.2 Å². The fourth-order valence-electron chi connectivity index (χ4n) is 0.930. The average Bonchev–Trinajstić information content (AvgIpc) is 2.25. The van der Waals surface area contributed by atoms with E-state index in [-0.39, 0.29) is 11.3 Å². The van der Waals surface area contributed by atoms with Crippen LogP contribution in [0, 0.1) is 11.3 Å². The number of hydrazine groups is 1. The third-order valence-electron chi connectivity index (χ3n) is 1.51. The maximum atomic E-state index is 10.7. The van der Waals surface area contributed by atoms with Gasteiger partial charge in [-0.3, -0.25) is 4.98 Å². The molecule has 8 nitrogen and oxygen atoms in total. The standard InChI is InChI=1S/C8H6N4O4/c9-2-5-1-6(4-10-3-5)12(8(15)16)11-7(13)14/h1,3-4,11H,(H,13,14)(H,15,16). The van der Waals surface area contributed by atoms with Gasteiger partial charge in [-0.25, -0.2) is 15.0 Å². The zero-order chi connectivity index (χ0) is 12.1. The molecule has 8 heteroatoms. The predicted octanol–water partition coefficient (Wildman–Crippen LogP) is 0.620. The van der Waals surface area contributed by atoms with E-state index < -0.39 is 12.2 Å². The Bertz CT molecular complexity index is 467. The Morgan fingerprint density at radius 2 is 2.12 bits per heavy atom. The number of carboxylic acid groups (broad SMARTS) is 2. The molecule has 0 radical (unpaired) electrons. The molecule has 0 bridgehead atoms. The molecule has 16 heavy (non-hydrogen) atoms. The van der Waals surface area contributed by atoms with Gasteiger partial charge in [-0.2, -0.15) is 10.3 Å². The molecule has 1 heterocycles. The van der Waals surface area contributed by atoms with Gasteiger partial charge in [0.2, 0.25) is 0 Å². The van der Waals surface area contributed by atoms with Gasteiger partial charge in [-0.15, -0.1) is 0 Å². The minimum atomic E-state index is -1.54. The number of hydrogen-bond acceptors (Lipinski definition) is 4. The van der Waals surface area contributed by atoms with E-state index in [1.165, 1.54) is 12.3 Å². The molecular formula is C8H6N4O4. The van der Waals surface area contributed by atoms with Crippen molar-refractivity contribution in [3.8, 4) is 6.07 Å². The predicted molar refractivity (Wildman–Crippen MR) is 50.6 cm³/mol. The van der Waals surface area contributed by atoms with Crippen LogP contribution in [0.25, 0.3) is 0 Å². The molecule has 82 valence electrons. The molecule has 0 aliphatic carbocycles. The Hall–Kier alpha value is -2.82. The summed E-state index contributed by atoms with van der Waals surface area (Å²) < 4.78 is 0. The second kappa shape index (κ2) is 4.61. The van der Waals surface area contributed by atoms with Gasteiger partial charge in [0.05, 0.1) is 17.4 Å². The highest BCUT2D eigenvalue weighted by Gasteiger charge is 2.17. The molecule has 0 aromatic carbocycles. The first-order chi connectivity index (χ1) is 7.54. The molecule has 0 fully saturated rings. The Labute approximate surface area is 89.3 Å². The number of carbonyl (C=O) groups is 2. The maximum Gasteiger partial charge on any atom is 0.431 e. The van der Waals surface area contributed by atoms with E-state index >= 15 is 0 Å². The Balaban J connectivity index is 3.06. The lowest BCUT2D eigenvalue weighted by Crippen LogP contribution is -2.45. The SMILES string of the molecule is N#Cc1cncc(N(NC(=O)O)C(=O)O)c1. The summed E-state index contributed by atoms with van der Waals surface area (Å²) in [5.74, 6) is 0. The van der Waals surface area contributed by atoms with Crippen molar-refractivity contribution in [3.05, 3.63) is 24.0 Å². The number of hydrogen-bond donors (Lipinski definition) is 3. The van der Waals surface area contributed by atoms with Gasteiger partial charge in [0.15, 0.2) is 0 Å². The maximum absolute atomic E-state index is 10.7. The molecule has 0 aliphatic rings. The quantitative estimate of drug-likeness (QED) is 0.597.